The first-order valence-electron chi connectivity index (χ1n) is 7.91. The Morgan fingerprint density at radius 2 is 2.23 bits per heavy atom. The molecule has 1 amide bonds. The number of rotatable bonds is 2. The van der Waals surface area contributed by atoms with Crippen molar-refractivity contribution >= 4 is 18.3 Å². The van der Waals surface area contributed by atoms with Gasteiger partial charge in [0.25, 0.3) is 0 Å². The van der Waals surface area contributed by atoms with E-state index in [1.807, 2.05) is 4.90 Å². The molecular formula is C16H26ClN3O2. The Bertz CT molecular complexity index is 530. The molecule has 22 heavy (non-hydrogen) atoms. The van der Waals surface area contributed by atoms with Crippen molar-refractivity contribution in [3.63, 3.8) is 0 Å². The van der Waals surface area contributed by atoms with Crippen LogP contribution in [-0.2, 0) is 23.2 Å². The summed E-state index contributed by atoms with van der Waals surface area (Å²) in [6.45, 7) is 9.67. The summed E-state index contributed by atoms with van der Waals surface area (Å²) in [6, 6.07) is 0. The average Bonchev–Trinajstić information content (AvgIpc) is 3.04. The molecule has 1 aromatic rings. The third-order valence-corrected chi connectivity index (χ3v) is 4.35. The number of carbonyl (C=O) groups excluding carboxylic acids is 1. The molecule has 2 aliphatic rings. The van der Waals surface area contributed by atoms with E-state index in [2.05, 4.69) is 31.1 Å². The summed E-state index contributed by atoms with van der Waals surface area (Å²) in [7, 11) is 0. The minimum Gasteiger partial charge on any atom is -0.445 e. The van der Waals surface area contributed by atoms with Crippen molar-refractivity contribution < 1.29 is 9.21 Å². The van der Waals surface area contributed by atoms with E-state index in [0.717, 1.165) is 49.8 Å². The van der Waals surface area contributed by atoms with E-state index >= 15 is 0 Å². The first kappa shape index (κ1) is 17.3. The quantitative estimate of drug-likeness (QED) is 0.905. The van der Waals surface area contributed by atoms with Gasteiger partial charge in [0.15, 0.2) is 5.89 Å². The Hall–Kier alpha value is -1.07. The molecule has 3 heterocycles. The van der Waals surface area contributed by atoms with Crippen LogP contribution in [0.4, 0.5) is 0 Å². The molecule has 0 bridgehead atoms. The molecule has 3 rings (SSSR count). The molecule has 2 aliphatic heterocycles. The molecular weight excluding hydrogens is 302 g/mol. The normalized spacial score (nSPS) is 21.4. The largest absolute Gasteiger partial charge is 0.445 e. The molecule has 0 aromatic carbocycles. The van der Waals surface area contributed by atoms with Gasteiger partial charge in [0, 0.05) is 24.8 Å². The van der Waals surface area contributed by atoms with Crippen molar-refractivity contribution in [3.05, 3.63) is 17.3 Å². The van der Waals surface area contributed by atoms with Crippen LogP contribution in [-0.4, -0.2) is 35.4 Å². The average molecular weight is 328 g/mol. The van der Waals surface area contributed by atoms with Crippen molar-refractivity contribution in [2.45, 2.75) is 52.0 Å². The first-order chi connectivity index (χ1) is 9.93. The highest BCUT2D eigenvalue weighted by Gasteiger charge is 2.30. The topological polar surface area (TPSA) is 58.4 Å². The van der Waals surface area contributed by atoms with Gasteiger partial charge in [-0.1, -0.05) is 20.8 Å². The fraction of sp³-hybridized carbons (Fsp3) is 0.750. The van der Waals surface area contributed by atoms with E-state index in [9.17, 15) is 4.79 Å². The Balaban J connectivity index is 0.00000176. The van der Waals surface area contributed by atoms with Gasteiger partial charge in [-0.2, -0.15) is 0 Å². The number of halogens is 1. The summed E-state index contributed by atoms with van der Waals surface area (Å²) in [5.41, 5.74) is 0.867. The predicted molar refractivity (Wildman–Crippen MR) is 87.2 cm³/mol. The number of nitrogens with one attached hydrogen (secondary N) is 1. The molecule has 0 radical (unpaired) electrons. The zero-order valence-electron chi connectivity index (χ0n) is 13.6. The van der Waals surface area contributed by atoms with Crippen LogP contribution in [0.15, 0.2) is 4.42 Å². The number of oxazole rings is 1. The molecule has 0 spiro atoms. The van der Waals surface area contributed by atoms with Crippen molar-refractivity contribution in [2.24, 2.45) is 5.92 Å². The van der Waals surface area contributed by atoms with Gasteiger partial charge < -0.3 is 14.6 Å². The van der Waals surface area contributed by atoms with Gasteiger partial charge in [-0.05, 0) is 25.4 Å². The second-order valence-corrected chi connectivity index (χ2v) is 7.27. The number of amides is 1. The SMILES string of the molecule is CC(C)(C)c1nc2c(o1)CCN(C(=O)CC1CCNC1)C2.Cl. The second-order valence-electron chi connectivity index (χ2n) is 7.27. The Labute approximate surface area is 138 Å². The van der Waals surface area contributed by atoms with Crippen LogP contribution in [0.2, 0.25) is 0 Å². The highest BCUT2D eigenvalue weighted by molar-refractivity contribution is 5.85. The second kappa shape index (κ2) is 6.59. The summed E-state index contributed by atoms with van der Waals surface area (Å²) in [6.07, 6.45) is 2.56. The van der Waals surface area contributed by atoms with Gasteiger partial charge in [-0.3, -0.25) is 4.79 Å². The molecule has 1 aromatic heterocycles. The minimum atomic E-state index is -0.0817. The van der Waals surface area contributed by atoms with Crippen molar-refractivity contribution in [3.8, 4) is 0 Å². The summed E-state index contributed by atoms with van der Waals surface area (Å²) >= 11 is 0. The lowest BCUT2D eigenvalue weighted by Gasteiger charge is -2.26. The summed E-state index contributed by atoms with van der Waals surface area (Å²) in [5, 5.41) is 3.32. The molecule has 1 unspecified atom stereocenters. The maximum Gasteiger partial charge on any atom is 0.223 e. The summed E-state index contributed by atoms with van der Waals surface area (Å²) in [5.74, 6) is 2.50. The minimum absolute atomic E-state index is 0. The number of hydrogen-bond donors (Lipinski definition) is 1. The van der Waals surface area contributed by atoms with E-state index in [1.54, 1.807) is 0 Å². The number of fused-ring (bicyclic) bond motifs is 1. The lowest BCUT2D eigenvalue weighted by atomic mass is 9.97. The van der Waals surface area contributed by atoms with Gasteiger partial charge in [0.2, 0.25) is 5.91 Å². The molecule has 124 valence electrons. The van der Waals surface area contributed by atoms with Crippen LogP contribution in [0.1, 0.15) is 51.0 Å². The van der Waals surface area contributed by atoms with Crippen LogP contribution in [0.25, 0.3) is 0 Å². The highest BCUT2D eigenvalue weighted by atomic mass is 35.5. The van der Waals surface area contributed by atoms with Crippen molar-refractivity contribution in [2.75, 3.05) is 19.6 Å². The van der Waals surface area contributed by atoms with Crippen LogP contribution in [0.5, 0.6) is 0 Å². The third kappa shape index (κ3) is 3.63. The molecule has 1 fully saturated rings. The molecule has 1 saturated heterocycles. The van der Waals surface area contributed by atoms with Crippen molar-refractivity contribution in [1.29, 1.82) is 0 Å². The highest BCUT2D eigenvalue weighted by Crippen LogP contribution is 2.28. The zero-order valence-corrected chi connectivity index (χ0v) is 14.5. The first-order valence-corrected chi connectivity index (χ1v) is 7.91. The van der Waals surface area contributed by atoms with Gasteiger partial charge in [-0.25, -0.2) is 4.98 Å². The Morgan fingerprint density at radius 3 is 2.86 bits per heavy atom. The third-order valence-electron chi connectivity index (χ3n) is 4.35. The van der Waals surface area contributed by atoms with E-state index in [0.29, 0.717) is 18.9 Å². The lowest BCUT2D eigenvalue weighted by Crippen LogP contribution is -2.37. The maximum atomic E-state index is 12.4. The van der Waals surface area contributed by atoms with Gasteiger partial charge in [-0.15, -0.1) is 12.4 Å². The number of nitrogens with zero attached hydrogens (tertiary/aromatic N) is 2. The van der Waals surface area contributed by atoms with Crippen LogP contribution in [0, 0.1) is 5.92 Å². The fourth-order valence-corrected chi connectivity index (χ4v) is 3.00. The van der Waals surface area contributed by atoms with Crippen LogP contribution >= 0.6 is 12.4 Å². The molecule has 6 heteroatoms. The van der Waals surface area contributed by atoms with E-state index in [4.69, 9.17) is 4.42 Å². The fourth-order valence-electron chi connectivity index (χ4n) is 3.00. The number of aromatic nitrogens is 1. The van der Waals surface area contributed by atoms with Crippen LogP contribution < -0.4 is 5.32 Å². The van der Waals surface area contributed by atoms with E-state index < -0.39 is 0 Å². The van der Waals surface area contributed by atoms with Crippen LogP contribution in [0.3, 0.4) is 0 Å². The van der Waals surface area contributed by atoms with Gasteiger partial charge in [0.05, 0.1) is 6.54 Å². The molecule has 5 nitrogen and oxygen atoms in total. The maximum absolute atomic E-state index is 12.4. The summed E-state index contributed by atoms with van der Waals surface area (Å²) < 4.78 is 5.87. The van der Waals surface area contributed by atoms with E-state index in [1.165, 1.54) is 0 Å². The van der Waals surface area contributed by atoms with Gasteiger partial charge in [0.1, 0.15) is 11.5 Å². The zero-order chi connectivity index (χ0) is 15.0. The molecule has 0 saturated carbocycles. The lowest BCUT2D eigenvalue weighted by molar-refractivity contribution is -0.133. The molecule has 1 N–H and O–H groups in total. The van der Waals surface area contributed by atoms with E-state index in [-0.39, 0.29) is 23.7 Å². The monoisotopic (exact) mass is 327 g/mol. The number of hydrogen-bond acceptors (Lipinski definition) is 4. The standard InChI is InChI=1S/C16H25N3O2.ClH/c1-16(2,3)15-18-12-10-19(7-5-13(12)21-15)14(20)8-11-4-6-17-9-11;/h11,17H,4-10H2,1-3H3;1H. The number of carbonyl (C=O) groups is 1. The molecule has 0 aliphatic carbocycles. The molecule has 1 atom stereocenters. The predicted octanol–water partition coefficient (Wildman–Crippen LogP) is 2.28. The Kier molecular flexibility index (Phi) is 5.17. The Morgan fingerprint density at radius 1 is 1.45 bits per heavy atom. The smallest absolute Gasteiger partial charge is 0.223 e. The van der Waals surface area contributed by atoms with Crippen molar-refractivity contribution in [1.82, 2.24) is 15.2 Å². The van der Waals surface area contributed by atoms with Gasteiger partial charge >= 0.3 is 0 Å². The summed E-state index contributed by atoms with van der Waals surface area (Å²) in [4.78, 5) is 19.0.